The van der Waals surface area contributed by atoms with Gasteiger partial charge in [-0.2, -0.15) is 0 Å². The topological polar surface area (TPSA) is 72.5 Å². The van der Waals surface area contributed by atoms with Gasteiger partial charge in [0.1, 0.15) is 12.2 Å². The van der Waals surface area contributed by atoms with Gasteiger partial charge in [-0.25, -0.2) is 4.79 Å². The van der Waals surface area contributed by atoms with Gasteiger partial charge in [0.2, 0.25) is 0 Å². The van der Waals surface area contributed by atoms with Gasteiger partial charge >= 0.3 is 5.97 Å². The van der Waals surface area contributed by atoms with Crippen LogP contribution in [0.4, 0.5) is 0 Å². The predicted octanol–water partition coefficient (Wildman–Crippen LogP) is 3.06. The first-order valence-electron chi connectivity index (χ1n) is 10.0. The van der Waals surface area contributed by atoms with E-state index in [1.807, 2.05) is 27.7 Å². The van der Waals surface area contributed by atoms with Crippen molar-refractivity contribution in [1.29, 1.82) is 0 Å². The Bertz CT molecular complexity index is 567. The Hall–Kier alpha value is -0.990. The Morgan fingerprint density at radius 1 is 1.00 bits per heavy atom. The second-order valence-electron chi connectivity index (χ2n) is 7.52. The van der Waals surface area contributed by atoms with E-state index in [1.54, 1.807) is 6.92 Å². The molecule has 3 aliphatic rings. The molecule has 0 radical (unpaired) electrons. The van der Waals surface area contributed by atoms with Crippen LogP contribution in [0.3, 0.4) is 0 Å². The molecule has 0 amide bonds. The highest BCUT2D eigenvalue weighted by molar-refractivity contribution is 5.87. The lowest BCUT2D eigenvalue weighted by atomic mass is 10.1. The third-order valence-electron chi connectivity index (χ3n) is 5.88. The minimum absolute atomic E-state index is 0.327. The summed E-state index contributed by atoms with van der Waals surface area (Å²) in [4.78, 5) is 12.2. The summed E-state index contributed by atoms with van der Waals surface area (Å²) in [5.74, 6) is -1.80. The van der Waals surface area contributed by atoms with E-state index in [9.17, 15) is 4.79 Å². The van der Waals surface area contributed by atoms with Crippen molar-refractivity contribution in [1.82, 2.24) is 0 Å². The molecule has 0 aromatic carbocycles. The van der Waals surface area contributed by atoms with E-state index < -0.39 is 42.1 Å². The van der Waals surface area contributed by atoms with Crippen LogP contribution < -0.4 is 0 Å². The number of esters is 1. The molecule has 0 spiro atoms. The molecule has 0 bridgehead atoms. The highest BCUT2D eigenvalue weighted by Crippen LogP contribution is 2.45. The Morgan fingerprint density at radius 2 is 1.63 bits per heavy atom. The van der Waals surface area contributed by atoms with Crippen LogP contribution in [-0.2, 0) is 33.2 Å². The summed E-state index contributed by atoms with van der Waals surface area (Å²) >= 11 is 0. The minimum atomic E-state index is -0.711. The Labute approximate surface area is 161 Å². The van der Waals surface area contributed by atoms with E-state index in [4.69, 9.17) is 28.4 Å². The van der Waals surface area contributed by atoms with Crippen LogP contribution in [0.25, 0.3) is 0 Å². The lowest BCUT2D eigenvalue weighted by molar-refractivity contribution is -0.252. The molecule has 3 saturated heterocycles. The molecule has 0 N–H and O–H groups in total. The zero-order valence-corrected chi connectivity index (χ0v) is 17.0. The first-order valence-corrected chi connectivity index (χ1v) is 10.0. The largest absolute Gasteiger partial charge is 0.453 e. The zero-order valence-electron chi connectivity index (χ0n) is 17.0. The molecule has 3 rings (SSSR count). The quantitative estimate of drug-likeness (QED) is 0.493. The third-order valence-corrected chi connectivity index (χ3v) is 5.88. The van der Waals surface area contributed by atoms with Crippen LogP contribution in [0.15, 0.2) is 12.2 Å². The van der Waals surface area contributed by atoms with Crippen LogP contribution in [0, 0.1) is 0 Å². The maximum Gasteiger partial charge on any atom is 0.333 e. The van der Waals surface area contributed by atoms with Gasteiger partial charge in [-0.3, -0.25) is 0 Å². The van der Waals surface area contributed by atoms with E-state index in [-0.39, 0.29) is 6.10 Å². The second-order valence-corrected chi connectivity index (χ2v) is 7.52. The third kappa shape index (κ3) is 3.68. The number of rotatable bonds is 7. The molecule has 5 unspecified atom stereocenters. The van der Waals surface area contributed by atoms with Gasteiger partial charge in [0, 0.05) is 5.57 Å². The summed E-state index contributed by atoms with van der Waals surface area (Å²) in [6.45, 7) is 13.7. The lowest BCUT2D eigenvalue weighted by Crippen LogP contribution is -2.46. The standard InChI is InChI=1S/C20H32O7/c1-7-19(8-2)22-11-13(25-19)14-15(23-17(21)12(5)6)16-18(24-14)27-20(9-3,10-4)26-16/h13-16,18H,5,7-11H2,1-4,6H3. The fourth-order valence-electron chi connectivity index (χ4n) is 3.96. The molecule has 0 saturated carbocycles. The molecule has 5 atom stereocenters. The first-order chi connectivity index (χ1) is 12.8. The summed E-state index contributed by atoms with van der Waals surface area (Å²) in [6, 6.07) is 0. The van der Waals surface area contributed by atoms with Crippen LogP contribution in [0.2, 0.25) is 0 Å². The fourth-order valence-corrected chi connectivity index (χ4v) is 3.96. The number of carbonyl (C=O) groups is 1. The van der Waals surface area contributed by atoms with Crippen molar-refractivity contribution in [3.05, 3.63) is 12.2 Å². The highest BCUT2D eigenvalue weighted by atomic mass is 16.9. The smallest absolute Gasteiger partial charge is 0.333 e. The van der Waals surface area contributed by atoms with Gasteiger partial charge in [-0.1, -0.05) is 34.3 Å². The average molecular weight is 384 g/mol. The van der Waals surface area contributed by atoms with Crippen molar-refractivity contribution in [3.8, 4) is 0 Å². The summed E-state index contributed by atoms with van der Waals surface area (Å²) in [5.41, 5.74) is 0.327. The number of fused-ring (bicyclic) bond motifs is 1. The first kappa shape index (κ1) is 20.7. The Morgan fingerprint density at radius 3 is 2.15 bits per heavy atom. The van der Waals surface area contributed by atoms with Gasteiger partial charge in [-0.15, -0.1) is 0 Å². The van der Waals surface area contributed by atoms with Gasteiger partial charge in [0.05, 0.1) is 6.61 Å². The van der Waals surface area contributed by atoms with Crippen LogP contribution in [-0.4, -0.2) is 54.9 Å². The molecule has 7 heteroatoms. The molecule has 3 heterocycles. The number of hydrogen-bond acceptors (Lipinski definition) is 7. The SMILES string of the molecule is C=C(C)C(=O)OC1C(C2COC(CC)(CC)O2)OC2OC(CC)(CC)OC21. The summed E-state index contributed by atoms with van der Waals surface area (Å²) in [7, 11) is 0. The molecule has 154 valence electrons. The molecular weight excluding hydrogens is 352 g/mol. The molecule has 0 aromatic rings. The molecule has 3 fully saturated rings. The molecule has 0 aromatic heterocycles. The van der Waals surface area contributed by atoms with Crippen LogP contribution in [0.1, 0.15) is 60.3 Å². The maximum absolute atomic E-state index is 12.2. The van der Waals surface area contributed by atoms with E-state index in [1.165, 1.54) is 0 Å². The molecular formula is C20H32O7. The van der Waals surface area contributed by atoms with Crippen molar-refractivity contribution < 1.29 is 33.2 Å². The molecule has 3 aliphatic heterocycles. The normalized spacial score (nSPS) is 36.6. The fraction of sp³-hybridized carbons (Fsp3) is 0.850. The second kappa shape index (κ2) is 7.79. The van der Waals surface area contributed by atoms with Crippen LogP contribution in [0.5, 0.6) is 0 Å². The van der Waals surface area contributed by atoms with Crippen molar-refractivity contribution in [3.63, 3.8) is 0 Å². The molecule has 27 heavy (non-hydrogen) atoms. The number of carbonyl (C=O) groups excluding carboxylic acids is 1. The Balaban J connectivity index is 1.80. The maximum atomic E-state index is 12.2. The van der Waals surface area contributed by atoms with Gasteiger partial charge in [0.15, 0.2) is 30.1 Å². The van der Waals surface area contributed by atoms with Gasteiger partial charge < -0.3 is 28.4 Å². The number of hydrogen-bond donors (Lipinski definition) is 0. The van der Waals surface area contributed by atoms with Gasteiger partial charge in [0.25, 0.3) is 0 Å². The van der Waals surface area contributed by atoms with E-state index in [0.717, 1.165) is 12.8 Å². The van der Waals surface area contributed by atoms with Crippen molar-refractivity contribution >= 4 is 5.97 Å². The monoisotopic (exact) mass is 384 g/mol. The highest BCUT2D eigenvalue weighted by Gasteiger charge is 2.61. The van der Waals surface area contributed by atoms with Crippen LogP contribution >= 0.6 is 0 Å². The molecule has 7 nitrogen and oxygen atoms in total. The van der Waals surface area contributed by atoms with E-state index >= 15 is 0 Å². The minimum Gasteiger partial charge on any atom is -0.453 e. The number of ether oxygens (including phenoxy) is 6. The molecule has 0 aliphatic carbocycles. The Kier molecular flexibility index (Phi) is 5.99. The average Bonchev–Trinajstić information content (AvgIpc) is 3.34. The predicted molar refractivity (Wildman–Crippen MR) is 96.8 cm³/mol. The van der Waals surface area contributed by atoms with Crippen molar-refractivity contribution in [2.24, 2.45) is 0 Å². The van der Waals surface area contributed by atoms with E-state index in [0.29, 0.717) is 25.0 Å². The van der Waals surface area contributed by atoms with Crippen molar-refractivity contribution in [2.75, 3.05) is 6.61 Å². The summed E-state index contributed by atoms with van der Waals surface area (Å²) < 4.78 is 36.3. The summed E-state index contributed by atoms with van der Waals surface area (Å²) in [5, 5.41) is 0. The van der Waals surface area contributed by atoms with Gasteiger partial charge in [-0.05, 0) is 32.6 Å². The zero-order chi connectivity index (χ0) is 19.8. The lowest BCUT2D eigenvalue weighted by Gasteiger charge is -2.31. The summed E-state index contributed by atoms with van der Waals surface area (Å²) in [6.07, 6.45) is 0.220. The van der Waals surface area contributed by atoms with E-state index in [2.05, 4.69) is 6.58 Å². The van der Waals surface area contributed by atoms with Crippen molar-refractivity contribution in [2.45, 2.75) is 103 Å².